The summed E-state index contributed by atoms with van der Waals surface area (Å²) in [6.07, 6.45) is 1.77. The van der Waals surface area contributed by atoms with E-state index >= 15 is 0 Å². The maximum atomic E-state index is 6.37. The van der Waals surface area contributed by atoms with Crippen LogP contribution in [0, 0.1) is 20.8 Å². The molecule has 158 valence electrons. The first kappa shape index (κ1) is 22.7. The predicted octanol–water partition coefficient (Wildman–Crippen LogP) is 5.65. The molecule has 0 aliphatic heterocycles. The number of rotatable bonds is 8. The van der Waals surface area contributed by atoms with Gasteiger partial charge in [-0.15, -0.1) is 0 Å². The van der Waals surface area contributed by atoms with Crippen molar-refractivity contribution in [2.75, 3.05) is 14.2 Å². The van der Waals surface area contributed by atoms with Crippen LogP contribution < -0.4 is 15.9 Å². The van der Waals surface area contributed by atoms with E-state index in [0.29, 0.717) is 0 Å². The second-order valence-corrected chi connectivity index (χ2v) is 11.6. The molecule has 0 radical (unpaired) electrons. The Labute approximate surface area is 182 Å². The molecule has 0 unspecified atom stereocenters. The summed E-state index contributed by atoms with van der Waals surface area (Å²) in [5.74, 6) is 0. The Balaban J connectivity index is 2.48. The molecule has 0 saturated heterocycles. The molecule has 0 fully saturated rings. The van der Waals surface area contributed by atoms with Crippen LogP contribution in [0.5, 0.6) is 0 Å². The highest BCUT2D eigenvalue weighted by atomic mass is 31.2. The van der Waals surface area contributed by atoms with Crippen LogP contribution in [0.3, 0.4) is 0 Å². The monoisotopic (exact) mass is 421 g/mol. The summed E-state index contributed by atoms with van der Waals surface area (Å²) >= 11 is 0. The van der Waals surface area contributed by atoms with Crippen LogP contribution in [-0.2, 0) is 9.47 Å². The molecule has 3 rings (SSSR count). The molecular formula is C27H34O2P+. The normalized spacial score (nSPS) is 12.2. The summed E-state index contributed by atoms with van der Waals surface area (Å²) in [5.41, 5.74) is 3.00. The van der Waals surface area contributed by atoms with E-state index in [9.17, 15) is 0 Å². The topological polar surface area (TPSA) is 18.5 Å². The van der Waals surface area contributed by atoms with Crippen LogP contribution in [0.1, 0.15) is 36.5 Å². The van der Waals surface area contributed by atoms with Crippen molar-refractivity contribution < 1.29 is 9.47 Å². The van der Waals surface area contributed by atoms with E-state index in [1.807, 2.05) is 0 Å². The smallest absolute Gasteiger partial charge is 0.297 e. The van der Waals surface area contributed by atoms with Gasteiger partial charge in [0.05, 0.1) is 0 Å². The molecule has 0 aromatic heterocycles. The number of benzene rings is 3. The zero-order chi connectivity index (χ0) is 21.8. The summed E-state index contributed by atoms with van der Waals surface area (Å²) < 4.78 is 12.7. The summed E-state index contributed by atoms with van der Waals surface area (Å²) in [7, 11) is 1.28. The molecule has 3 aromatic carbocycles. The van der Waals surface area contributed by atoms with E-state index in [2.05, 4.69) is 100 Å². The third-order valence-corrected chi connectivity index (χ3v) is 10.8. The zero-order valence-corrected chi connectivity index (χ0v) is 20.0. The molecule has 0 saturated carbocycles. The van der Waals surface area contributed by atoms with Gasteiger partial charge in [0.15, 0.2) is 7.26 Å². The second kappa shape index (κ2) is 9.43. The largest absolute Gasteiger partial charge is 0.321 e. The Bertz CT molecular complexity index is 829. The van der Waals surface area contributed by atoms with Crippen LogP contribution in [0.4, 0.5) is 0 Å². The van der Waals surface area contributed by atoms with Crippen molar-refractivity contribution in [2.45, 2.75) is 46.1 Å². The van der Waals surface area contributed by atoms with Crippen LogP contribution in [-0.4, -0.2) is 19.7 Å². The van der Waals surface area contributed by atoms with Crippen LogP contribution >= 0.6 is 7.26 Å². The molecule has 0 atom stereocenters. The molecule has 0 heterocycles. The molecule has 0 spiro atoms. The molecule has 0 aliphatic carbocycles. The first-order valence-corrected chi connectivity index (χ1v) is 12.4. The van der Waals surface area contributed by atoms with Gasteiger partial charge in [0.25, 0.3) is 5.53 Å². The Morgan fingerprint density at radius 3 is 1.13 bits per heavy atom. The predicted molar refractivity (Wildman–Crippen MR) is 131 cm³/mol. The molecule has 0 N–H and O–H groups in total. The summed E-state index contributed by atoms with van der Waals surface area (Å²) in [5, 5.41) is 3.83. The quantitative estimate of drug-likeness (QED) is 0.346. The van der Waals surface area contributed by atoms with E-state index in [4.69, 9.17) is 9.47 Å². The molecule has 0 amide bonds. The Kier molecular flexibility index (Phi) is 7.14. The van der Waals surface area contributed by atoms with E-state index in [1.54, 1.807) is 14.2 Å². The maximum absolute atomic E-state index is 6.37. The number of ether oxygens (including phenoxy) is 2. The van der Waals surface area contributed by atoms with Crippen LogP contribution in [0.25, 0.3) is 0 Å². The van der Waals surface area contributed by atoms with E-state index < -0.39 is 12.8 Å². The molecule has 2 nitrogen and oxygen atoms in total. The molecule has 3 aromatic rings. The van der Waals surface area contributed by atoms with Gasteiger partial charge in [-0.1, -0.05) is 60.0 Å². The second-order valence-electron chi connectivity index (χ2n) is 8.05. The first-order chi connectivity index (χ1) is 14.4. The average molecular weight is 422 g/mol. The Morgan fingerprint density at radius 2 is 0.900 bits per heavy atom. The highest BCUT2D eigenvalue weighted by Gasteiger charge is 2.64. The third kappa shape index (κ3) is 3.85. The number of hydrogen-bond acceptors (Lipinski definition) is 2. The average Bonchev–Trinajstić information content (AvgIpc) is 2.76. The minimum Gasteiger partial charge on any atom is -0.321 e. The molecule has 0 bridgehead atoms. The van der Waals surface area contributed by atoms with E-state index in [-0.39, 0.29) is 0 Å². The fourth-order valence-corrected chi connectivity index (χ4v) is 9.36. The van der Waals surface area contributed by atoms with Crippen molar-refractivity contribution in [3.63, 3.8) is 0 Å². The summed E-state index contributed by atoms with van der Waals surface area (Å²) in [4.78, 5) is 0. The minimum absolute atomic E-state index is 0.748. The molecule has 3 heteroatoms. The SMILES string of the molecule is CCCC(OC)(OC)[P+](c1ccc(C)cc1)(c1ccc(C)cc1)c1ccc(C)cc1. The van der Waals surface area contributed by atoms with Gasteiger partial charge >= 0.3 is 0 Å². The van der Waals surface area contributed by atoms with Gasteiger partial charge in [-0.05, 0) is 63.6 Å². The fourth-order valence-electron chi connectivity index (χ4n) is 4.39. The third-order valence-electron chi connectivity index (χ3n) is 5.98. The van der Waals surface area contributed by atoms with Gasteiger partial charge < -0.3 is 9.47 Å². The first-order valence-electron chi connectivity index (χ1n) is 10.6. The van der Waals surface area contributed by atoms with Crippen molar-refractivity contribution in [1.29, 1.82) is 0 Å². The van der Waals surface area contributed by atoms with Crippen molar-refractivity contribution in [3.05, 3.63) is 89.5 Å². The zero-order valence-electron chi connectivity index (χ0n) is 19.1. The number of hydrogen-bond donors (Lipinski definition) is 0. The lowest BCUT2D eigenvalue weighted by atomic mass is 10.2. The van der Waals surface area contributed by atoms with Gasteiger partial charge in [-0.3, -0.25) is 0 Å². The molecule has 30 heavy (non-hydrogen) atoms. The molecule has 0 aliphatic rings. The lowest BCUT2D eigenvalue weighted by molar-refractivity contribution is -0.143. The Hall–Kier alpha value is -1.99. The van der Waals surface area contributed by atoms with Gasteiger partial charge in [0, 0.05) is 20.6 Å². The van der Waals surface area contributed by atoms with Crippen molar-refractivity contribution in [2.24, 2.45) is 0 Å². The number of aryl methyl sites for hydroxylation is 3. The lowest BCUT2D eigenvalue weighted by Gasteiger charge is -2.42. The van der Waals surface area contributed by atoms with E-state index in [1.165, 1.54) is 32.6 Å². The highest BCUT2D eigenvalue weighted by Crippen LogP contribution is 2.68. The van der Waals surface area contributed by atoms with Crippen molar-refractivity contribution in [3.8, 4) is 0 Å². The standard InChI is InChI=1S/C27H34O2P/c1-7-20-27(28-5,29-6)30(24-14-8-21(2)9-15-24,25-16-10-22(3)11-17-25)26-18-12-23(4)13-19-26/h8-19H,7,20H2,1-6H3/q+1. The molecular weight excluding hydrogens is 387 g/mol. The lowest BCUT2D eigenvalue weighted by Crippen LogP contribution is -2.50. The van der Waals surface area contributed by atoms with Gasteiger partial charge in [0.1, 0.15) is 15.9 Å². The van der Waals surface area contributed by atoms with Crippen LogP contribution in [0.2, 0.25) is 0 Å². The summed E-state index contributed by atoms with van der Waals surface area (Å²) in [6, 6.07) is 26.8. The Morgan fingerprint density at radius 1 is 0.600 bits per heavy atom. The van der Waals surface area contributed by atoms with Gasteiger partial charge in [-0.25, -0.2) is 0 Å². The number of methoxy groups -OCH3 is 2. The van der Waals surface area contributed by atoms with E-state index in [0.717, 1.165) is 12.8 Å². The fraction of sp³-hybridized carbons (Fsp3) is 0.333. The van der Waals surface area contributed by atoms with Crippen LogP contribution in [0.15, 0.2) is 72.8 Å². The van der Waals surface area contributed by atoms with Crippen molar-refractivity contribution >= 4 is 23.2 Å². The minimum atomic E-state index is -2.31. The summed E-state index contributed by atoms with van der Waals surface area (Å²) in [6.45, 7) is 8.59. The van der Waals surface area contributed by atoms with Gasteiger partial charge in [-0.2, -0.15) is 0 Å². The van der Waals surface area contributed by atoms with Crippen molar-refractivity contribution in [1.82, 2.24) is 0 Å². The highest BCUT2D eigenvalue weighted by molar-refractivity contribution is 7.96. The maximum Gasteiger partial charge on any atom is 0.297 e. The van der Waals surface area contributed by atoms with Gasteiger partial charge in [0.2, 0.25) is 0 Å².